The molecule has 1 aromatic carbocycles. The van der Waals surface area contributed by atoms with Gasteiger partial charge in [0.2, 0.25) is 11.8 Å². The molecule has 2 aromatic heterocycles. The Morgan fingerprint density at radius 3 is 2.73 bits per heavy atom. The number of imidazole rings is 1. The molecule has 0 aliphatic rings. The molecule has 136 valence electrons. The van der Waals surface area contributed by atoms with Crippen molar-refractivity contribution in [1.29, 1.82) is 0 Å². The van der Waals surface area contributed by atoms with E-state index in [2.05, 4.69) is 20.8 Å². The van der Waals surface area contributed by atoms with E-state index < -0.39 is 0 Å². The number of rotatable bonds is 7. The lowest BCUT2D eigenvalue weighted by Crippen LogP contribution is -2.26. The number of para-hydroxylation sites is 2. The van der Waals surface area contributed by atoms with E-state index in [0.717, 1.165) is 16.9 Å². The summed E-state index contributed by atoms with van der Waals surface area (Å²) in [6, 6.07) is 9.43. The second-order valence-electron chi connectivity index (χ2n) is 5.72. The first-order valence-corrected chi connectivity index (χ1v) is 9.16. The molecule has 8 nitrogen and oxygen atoms in total. The lowest BCUT2D eigenvalue weighted by molar-refractivity contribution is -0.118. The zero-order valence-corrected chi connectivity index (χ0v) is 15.3. The van der Waals surface area contributed by atoms with Gasteiger partial charge in [-0.25, -0.2) is 4.98 Å². The summed E-state index contributed by atoms with van der Waals surface area (Å²) in [5, 5.41) is 9.12. The van der Waals surface area contributed by atoms with E-state index in [0.29, 0.717) is 18.1 Å². The summed E-state index contributed by atoms with van der Waals surface area (Å²) in [7, 11) is 1.92. The highest BCUT2D eigenvalue weighted by Crippen LogP contribution is 2.14. The first-order chi connectivity index (χ1) is 12.5. The average molecular weight is 373 g/mol. The van der Waals surface area contributed by atoms with Crippen molar-refractivity contribution in [2.45, 2.75) is 13.5 Å². The van der Waals surface area contributed by atoms with Crippen molar-refractivity contribution in [3.63, 3.8) is 0 Å². The van der Waals surface area contributed by atoms with Crippen LogP contribution in [0.4, 0.5) is 5.82 Å². The molecule has 2 N–H and O–H groups in total. The Hall–Kier alpha value is -2.81. The molecule has 0 bridgehead atoms. The topological polar surface area (TPSA) is 102 Å². The SMILES string of the molecule is Cc1cc(NC(=O)CSCC(=O)NCc2nc3ccccc3n2C)no1. The number of nitrogens with one attached hydrogen (secondary N) is 2. The van der Waals surface area contributed by atoms with Crippen LogP contribution < -0.4 is 10.6 Å². The van der Waals surface area contributed by atoms with Gasteiger partial charge in [0, 0.05) is 13.1 Å². The lowest BCUT2D eigenvalue weighted by Gasteiger charge is -2.05. The minimum Gasteiger partial charge on any atom is -0.360 e. The second kappa shape index (κ2) is 8.05. The quantitative estimate of drug-likeness (QED) is 0.655. The van der Waals surface area contributed by atoms with Crippen LogP contribution in [-0.4, -0.2) is 38.0 Å². The summed E-state index contributed by atoms with van der Waals surface area (Å²) in [5.74, 6) is 1.75. The van der Waals surface area contributed by atoms with Crippen molar-refractivity contribution in [2.24, 2.45) is 7.05 Å². The number of hydrogen-bond acceptors (Lipinski definition) is 6. The Labute approximate surface area is 154 Å². The molecule has 0 aliphatic heterocycles. The predicted octanol–water partition coefficient (Wildman–Crippen LogP) is 1.86. The van der Waals surface area contributed by atoms with Gasteiger partial charge in [0.05, 0.1) is 29.1 Å². The maximum atomic E-state index is 12.0. The number of aromatic nitrogens is 3. The summed E-state index contributed by atoms with van der Waals surface area (Å²) in [6.07, 6.45) is 0. The van der Waals surface area contributed by atoms with E-state index >= 15 is 0 Å². The maximum absolute atomic E-state index is 12.0. The van der Waals surface area contributed by atoms with Crippen molar-refractivity contribution in [2.75, 3.05) is 16.8 Å². The molecule has 2 amide bonds. The first-order valence-electron chi connectivity index (χ1n) is 8.01. The predicted molar refractivity (Wildman–Crippen MR) is 99.8 cm³/mol. The summed E-state index contributed by atoms with van der Waals surface area (Å²) in [4.78, 5) is 28.2. The van der Waals surface area contributed by atoms with Gasteiger partial charge in [-0.2, -0.15) is 0 Å². The van der Waals surface area contributed by atoms with Gasteiger partial charge in [-0.05, 0) is 19.1 Å². The zero-order valence-electron chi connectivity index (χ0n) is 14.5. The molecule has 3 rings (SSSR count). The van der Waals surface area contributed by atoms with E-state index in [9.17, 15) is 9.59 Å². The monoisotopic (exact) mass is 373 g/mol. The van der Waals surface area contributed by atoms with Crippen molar-refractivity contribution in [3.05, 3.63) is 41.9 Å². The Balaban J connectivity index is 1.41. The average Bonchev–Trinajstić information content (AvgIpc) is 3.16. The number of benzene rings is 1. The molecule has 0 spiro atoms. The van der Waals surface area contributed by atoms with E-state index in [1.807, 2.05) is 35.9 Å². The van der Waals surface area contributed by atoms with Crippen LogP contribution in [0.5, 0.6) is 0 Å². The maximum Gasteiger partial charge on any atom is 0.235 e. The summed E-state index contributed by atoms with van der Waals surface area (Å²) >= 11 is 1.23. The minimum absolute atomic E-state index is 0.146. The number of fused-ring (bicyclic) bond motifs is 1. The number of amides is 2. The third kappa shape index (κ3) is 4.42. The molecular weight excluding hydrogens is 354 g/mol. The molecule has 0 saturated heterocycles. The van der Waals surface area contributed by atoms with Crippen LogP contribution in [0.2, 0.25) is 0 Å². The number of nitrogens with zero attached hydrogens (tertiary/aromatic N) is 3. The lowest BCUT2D eigenvalue weighted by atomic mass is 10.3. The fourth-order valence-corrected chi connectivity index (χ4v) is 3.07. The van der Waals surface area contributed by atoms with Crippen LogP contribution in [0.25, 0.3) is 11.0 Å². The van der Waals surface area contributed by atoms with Crippen LogP contribution in [0.3, 0.4) is 0 Å². The number of aryl methyl sites for hydroxylation is 2. The van der Waals surface area contributed by atoms with Crippen LogP contribution in [0, 0.1) is 6.92 Å². The summed E-state index contributed by atoms with van der Waals surface area (Å²) in [6.45, 7) is 2.08. The highest BCUT2D eigenvalue weighted by molar-refractivity contribution is 8.00. The molecule has 0 fully saturated rings. The smallest absolute Gasteiger partial charge is 0.235 e. The zero-order chi connectivity index (χ0) is 18.5. The molecule has 2 heterocycles. The molecule has 0 atom stereocenters. The minimum atomic E-state index is -0.230. The largest absolute Gasteiger partial charge is 0.360 e. The third-order valence-corrected chi connectivity index (χ3v) is 4.62. The number of anilines is 1. The van der Waals surface area contributed by atoms with Crippen LogP contribution >= 0.6 is 11.8 Å². The normalized spacial score (nSPS) is 10.8. The van der Waals surface area contributed by atoms with Crippen molar-refractivity contribution >= 4 is 40.4 Å². The summed E-state index contributed by atoms with van der Waals surface area (Å²) < 4.78 is 6.82. The molecule has 9 heteroatoms. The highest BCUT2D eigenvalue weighted by Gasteiger charge is 2.10. The molecule has 0 radical (unpaired) electrons. The molecular formula is C17H19N5O3S. The van der Waals surface area contributed by atoms with Gasteiger partial charge >= 0.3 is 0 Å². The van der Waals surface area contributed by atoms with Gasteiger partial charge in [0.25, 0.3) is 0 Å². The third-order valence-electron chi connectivity index (χ3n) is 3.69. The van der Waals surface area contributed by atoms with E-state index in [-0.39, 0.29) is 23.3 Å². The fourth-order valence-electron chi connectivity index (χ4n) is 2.42. The van der Waals surface area contributed by atoms with E-state index in [1.54, 1.807) is 13.0 Å². The van der Waals surface area contributed by atoms with Crippen LogP contribution in [-0.2, 0) is 23.2 Å². The van der Waals surface area contributed by atoms with Crippen LogP contribution in [0.1, 0.15) is 11.6 Å². The van der Waals surface area contributed by atoms with Gasteiger partial charge in [-0.3, -0.25) is 9.59 Å². The molecule has 0 aliphatic carbocycles. The molecule has 26 heavy (non-hydrogen) atoms. The Bertz CT molecular complexity index is 934. The standard InChI is InChI=1S/C17H19N5O3S/c1-11-7-14(21-25-11)20-17(24)10-26-9-16(23)18-8-15-19-12-5-3-4-6-13(12)22(15)2/h3-7H,8-10H2,1-2H3,(H,18,23)(H,20,21,24). The van der Waals surface area contributed by atoms with Crippen LogP contribution in [0.15, 0.2) is 34.9 Å². The number of hydrogen-bond donors (Lipinski definition) is 2. The number of thioether (sulfide) groups is 1. The Morgan fingerprint density at radius 2 is 2.00 bits per heavy atom. The number of carbonyl (C=O) groups is 2. The van der Waals surface area contributed by atoms with Crippen molar-refractivity contribution in [1.82, 2.24) is 20.0 Å². The molecule has 0 saturated carbocycles. The second-order valence-corrected chi connectivity index (χ2v) is 6.70. The van der Waals surface area contributed by atoms with Gasteiger partial charge in [-0.1, -0.05) is 17.3 Å². The Kier molecular flexibility index (Phi) is 5.57. The Morgan fingerprint density at radius 1 is 1.23 bits per heavy atom. The van der Waals surface area contributed by atoms with Gasteiger partial charge in [-0.15, -0.1) is 11.8 Å². The van der Waals surface area contributed by atoms with E-state index in [4.69, 9.17) is 4.52 Å². The first kappa shape index (κ1) is 18.0. The number of carbonyl (C=O) groups excluding carboxylic acids is 2. The molecule has 0 unspecified atom stereocenters. The van der Waals surface area contributed by atoms with Gasteiger partial charge in [0.1, 0.15) is 11.6 Å². The molecule has 3 aromatic rings. The van der Waals surface area contributed by atoms with Crippen molar-refractivity contribution in [3.8, 4) is 0 Å². The fraction of sp³-hybridized carbons (Fsp3) is 0.294. The summed E-state index contributed by atoms with van der Waals surface area (Å²) in [5.41, 5.74) is 1.92. The van der Waals surface area contributed by atoms with Gasteiger partial charge in [0.15, 0.2) is 5.82 Å². The van der Waals surface area contributed by atoms with Gasteiger partial charge < -0.3 is 19.7 Å². The van der Waals surface area contributed by atoms with E-state index in [1.165, 1.54) is 11.8 Å². The van der Waals surface area contributed by atoms with Crippen molar-refractivity contribution < 1.29 is 14.1 Å². The highest BCUT2D eigenvalue weighted by atomic mass is 32.2.